The number of allylic oxidation sites excluding steroid dienone is 1. The first-order valence-electron chi connectivity index (χ1n) is 3.03. The lowest BCUT2D eigenvalue weighted by atomic mass is 10.1. The minimum atomic E-state index is -0.690. The molecule has 0 saturated heterocycles. The maximum atomic E-state index is 8.95. The largest absolute Gasteiger partial charge is 0.376 e. The summed E-state index contributed by atoms with van der Waals surface area (Å²) < 4.78 is 0. The van der Waals surface area contributed by atoms with Crippen LogP contribution in [0.15, 0.2) is 11.6 Å². The van der Waals surface area contributed by atoms with Crippen LogP contribution in [0.2, 0.25) is 0 Å². The lowest BCUT2D eigenvalue weighted by Gasteiger charge is -2.00. The average Bonchev–Trinajstić information content (AvgIpc) is 1.87. The highest BCUT2D eigenvalue weighted by Gasteiger charge is 1.97. The first kappa shape index (κ1) is 8.26. The van der Waals surface area contributed by atoms with Crippen LogP contribution in [0, 0.1) is 12.3 Å². The molecule has 1 atom stereocenters. The van der Waals surface area contributed by atoms with Gasteiger partial charge in [0.1, 0.15) is 6.10 Å². The van der Waals surface area contributed by atoms with Gasteiger partial charge in [-0.3, -0.25) is 0 Å². The van der Waals surface area contributed by atoms with Gasteiger partial charge in [0.2, 0.25) is 0 Å². The molecule has 0 aromatic carbocycles. The van der Waals surface area contributed by atoms with Crippen LogP contribution in [0.25, 0.3) is 0 Å². The van der Waals surface area contributed by atoms with Gasteiger partial charge < -0.3 is 5.11 Å². The molecule has 1 N–H and O–H groups in total. The Kier molecular flexibility index (Phi) is 3.83. The lowest BCUT2D eigenvalue weighted by molar-refractivity contribution is 0.268. The van der Waals surface area contributed by atoms with Crippen LogP contribution in [-0.4, -0.2) is 11.2 Å². The minimum absolute atomic E-state index is 0.690. The van der Waals surface area contributed by atoms with E-state index in [2.05, 4.69) is 5.92 Å². The molecule has 50 valence electrons. The van der Waals surface area contributed by atoms with Gasteiger partial charge >= 0.3 is 0 Å². The van der Waals surface area contributed by atoms with Gasteiger partial charge in [-0.05, 0) is 18.9 Å². The molecular formula is C8H12O. The lowest BCUT2D eigenvalue weighted by Crippen LogP contribution is -2.03. The number of aliphatic hydroxyl groups is 1. The zero-order valence-corrected chi connectivity index (χ0v) is 5.89. The van der Waals surface area contributed by atoms with E-state index < -0.39 is 6.10 Å². The van der Waals surface area contributed by atoms with E-state index in [-0.39, 0.29) is 0 Å². The van der Waals surface area contributed by atoms with Crippen LogP contribution in [-0.2, 0) is 0 Å². The summed E-state index contributed by atoms with van der Waals surface area (Å²) in [5, 5.41) is 8.95. The van der Waals surface area contributed by atoms with E-state index in [4.69, 9.17) is 11.5 Å². The van der Waals surface area contributed by atoms with Gasteiger partial charge in [-0.1, -0.05) is 18.9 Å². The summed E-state index contributed by atoms with van der Waals surface area (Å²) in [4.78, 5) is 0. The zero-order valence-electron chi connectivity index (χ0n) is 5.89. The monoisotopic (exact) mass is 124 g/mol. The SMILES string of the molecule is C#C[C@@H](O)/C(C)=C/CC. The van der Waals surface area contributed by atoms with E-state index in [1.165, 1.54) is 0 Å². The molecule has 0 bridgehead atoms. The Labute approximate surface area is 56.4 Å². The molecule has 0 aliphatic carbocycles. The standard InChI is InChI=1S/C8H12O/c1-4-6-7(3)8(9)5-2/h2,6,8-9H,4H2,1,3H3/b7-6+/t8-/m1/s1. The predicted molar refractivity (Wildman–Crippen MR) is 38.9 cm³/mol. The Hall–Kier alpha value is -0.740. The summed E-state index contributed by atoms with van der Waals surface area (Å²) >= 11 is 0. The van der Waals surface area contributed by atoms with Crippen LogP contribution < -0.4 is 0 Å². The Bertz CT molecular complexity index is 139. The molecule has 1 nitrogen and oxygen atoms in total. The molecular weight excluding hydrogens is 112 g/mol. The second kappa shape index (κ2) is 4.17. The fourth-order valence-corrected chi connectivity index (χ4v) is 0.565. The van der Waals surface area contributed by atoms with Crippen molar-refractivity contribution in [1.29, 1.82) is 0 Å². The molecule has 0 aliphatic rings. The molecule has 0 unspecified atom stereocenters. The smallest absolute Gasteiger partial charge is 0.135 e. The van der Waals surface area contributed by atoms with E-state index >= 15 is 0 Å². The molecule has 0 saturated carbocycles. The van der Waals surface area contributed by atoms with E-state index in [0.29, 0.717) is 0 Å². The summed E-state index contributed by atoms with van der Waals surface area (Å²) in [6.45, 7) is 3.83. The predicted octanol–water partition coefficient (Wildman–Crippen LogP) is 1.34. The van der Waals surface area contributed by atoms with Crippen LogP contribution in [0.1, 0.15) is 20.3 Å². The van der Waals surface area contributed by atoms with E-state index in [9.17, 15) is 0 Å². The molecule has 0 amide bonds. The number of hydrogen-bond donors (Lipinski definition) is 1. The number of rotatable bonds is 2. The van der Waals surface area contributed by atoms with Crippen molar-refractivity contribution in [1.82, 2.24) is 0 Å². The van der Waals surface area contributed by atoms with Crippen molar-refractivity contribution in [3.05, 3.63) is 11.6 Å². The second-order valence-electron chi connectivity index (χ2n) is 1.93. The van der Waals surface area contributed by atoms with Gasteiger partial charge in [0.25, 0.3) is 0 Å². The minimum Gasteiger partial charge on any atom is -0.376 e. The molecule has 0 radical (unpaired) electrons. The summed E-state index contributed by atoms with van der Waals surface area (Å²) in [6.07, 6.45) is 7.11. The first-order chi connectivity index (χ1) is 4.22. The van der Waals surface area contributed by atoms with Crippen molar-refractivity contribution >= 4 is 0 Å². The van der Waals surface area contributed by atoms with Crippen LogP contribution in [0.5, 0.6) is 0 Å². The quantitative estimate of drug-likeness (QED) is 0.435. The van der Waals surface area contributed by atoms with Gasteiger partial charge in [0, 0.05) is 0 Å². The highest BCUT2D eigenvalue weighted by atomic mass is 16.3. The number of terminal acetylenes is 1. The third-order valence-corrected chi connectivity index (χ3v) is 1.12. The fraction of sp³-hybridized carbons (Fsp3) is 0.500. The number of aliphatic hydroxyl groups excluding tert-OH is 1. The molecule has 0 aliphatic heterocycles. The third-order valence-electron chi connectivity index (χ3n) is 1.12. The topological polar surface area (TPSA) is 20.2 Å². The van der Waals surface area contributed by atoms with E-state index in [1.807, 2.05) is 19.9 Å². The van der Waals surface area contributed by atoms with Crippen molar-refractivity contribution in [3.8, 4) is 12.3 Å². The van der Waals surface area contributed by atoms with Crippen molar-refractivity contribution in [3.63, 3.8) is 0 Å². The van der Waals surface area contributed by atoms with Crippen molar-refractivity contribution < 1.29 is 5.11 Å². The summed E-state index contributed by atoms with van der Waals surface area (Å²) in [5.41, 5.74) is 0.861. The van der Waals surface area contributed by atoms with E-state index in [1.54, 1.807) is 0 Å². The molecule has 0 spiro atoms. The maximum absolute atomic E-state index is 8.95. The fourth-order valence-electron chi connectivity index (χ4n) is 0.565. The van der Waals surface area contributed by atoms with Crippen LogP contribution in [0.3, 0.4) is 0 Å². The van der Waals surface area contributed by atoms with Gasteiger partial charge in [-0.2, -0.15) is 0 Å². The van der Waals surface area contributed by atoms with Crippen molar-refractivity contribution in [2.24, 2.45) is 0 Å². The summed E-state index contributed by atoms with van der Waals surface area (Å²) in [7, 11) is 0. The first-order valence-corrected chi connectivity index (χ1v) is 3.03. The Morgan fingerprint density at radius 2 is 2.44 bits per heavy atom. The maximum Gasteiger partial charge on any atom is 0.135 e. The Morgan fingerprint density at radius 3 is 2.78 bits per heavy atom. The molecule has 0 heterocycles. The van der Waals surface area contributed by atoms with Gasteiger partial charge in [0.15, 0.2) is 0 Å². The van der Waals surface area contributed by atoms with Gasteiger partial charge in [0.05, 0.1) is 0 Å². The summed E-state index contributed by atoms with van der Waals surface area (Å²) in [6, 6.07) is 0. The normalized spacial score (nSPS) is 14.7. The third kappa shape index (κ3) is 2.94. The van der Waals surface area contributed by atoms with Crippen LogP contribution >= 0.6 is 0 Å². The van der Waals surface area contributed by atoms with Crippen molar-refractivity contribution in [2.75, 3.05) is 0 Å². The summed E-state index contributed by atoms with van der Waals surface area (Å²) in [5.74, 6) is 2.24. The van der Waals surface area contributed by atoms with Gasteiger partial charge in [-0.15, -0.1) is 6.42 Å². The van der Waals surface area contributed by atoms with Gasteiger partial charge in [-0.25, -0.2) is 0 Å². The number of hydrogen-bond acceptors (Lipinski definition) is 1. The highest BCUT2D eigenvalue weighted by Crippen LogP contribution is 2.00. The zero-order chi connectivity index (χ0) is 7.28. The molecule has 9 heavy (non-hydrogen) atoms. The average molecular weight is 124 g/mol. The Balaban J connectivity index is 3.89. The molecule has 0 aromatic heterocycles. The molecule has 1 heteroatoms. The van der Waals surface area contributed by atoms with Crippen LogP contribution in [0.4, 0.5) is 0 Å². The highest BCUT2D eigenvalue weighted by molar-refractivity contribution is 5.15. The Morgan fingerprint density at radius 1 is 1.89 bits per heavy atom. The molecule has 0 rings (SSSR count). The van der Waals surface area contributed by atoms with E-state index in [0.717, 1.165) is 12.0 Å². The molecule has 0 fully saturated rings. The van der Waals surface area contributed by atoms with Crippen molar-refractivity contribution in [2.45, 2.75) is 26.4 Å². The molecule has 0 aromatic rings. The second-order valence-corrected chi connectivity index (χ2v) is 1.93.